The molecule has 1 saturated carbocycles. The van der Waals surface area contributed by atoms with Gasteiger partial charge in [-0.3, -0.25) is 4.31 Å². The zero-order chi connectivity index (χ0) is 26.2. The molecule has 2 heterocycles. The number of benzene rings is 2. The van der Waals surface area contributed by atoms with Crippen molar-refractivity contribution < 1.29 is 21.9 Å². The summed E-state index contributed by atoms with van der Waals surface area (Å²) in [6.45, 7) is 3.40. The van der Waals surface area contributed by atoms with Gasteiger partial charge in [0.15, 0.2) is 4.90 Å². The fraction of sp³-hybridized carbons (Fsp3) is 0.321. The summed E-state index contributed by atoms with van der Waals surface area (Å²) in [5.41, 5.74) is 3.18. The summed E-state index contributed by atoms with van der Waals surface area (Å²) >= 11 is 0. The molecule has 2 aromatic carbocycles. The first-order valence-corrected chi connectivity index (χ1v) is 13.8. The Morgan fingerprint density at radius 1 is 1.08 bits per heavy atom. The van der Waals surface area contributed by atoms with Crippen LogP contribution in [0.15, 0.2) is 65.7 Å². The van der Waals surface area contributed by atoms with Crippen molar-refractivity contribution in [3.05, 3.63) is 83.7 Å². The van der Waals surface area contributed by atoms with Gasteiger partial charge in [-0.1, -0.05) is 24.6 Å². The smallest absolute Gasteiger partial charge is 0.269 e. The van der Waals surface area contributed by atoms with Gasteiger partial charge in [0.05, 0.1) is 18.5 Å². The number of aromatic nitrogens is 2. The molecule has 4 aromatic rings. The van der Waals surface area contributed by atoms with E-state index in [-0.39, 0.29) is 5.69 Å². The van der Waals surface area contributed by atoms with Crippen LogP contribution < -0.4 is 9.04 Å². The van der Waals surface area contributed by atoms with E-state index in [9.17, 15) is 17.2 Å². The zero-order valence-corrected chi connectivity index (χ0v) is 21.6. The summed E-state index contributed by atoms with van der Waals surface area (Å²) in [6, 6.07) is 14.7. The van der Waals surface area contributed by atoms with Crippen LogP contribution in [0.25, 0.3) is 11.0 Å². The molecule has 1 aliphatic carbocycles. The lowest BCUT2D eigenvalue weighted by Crippen LogP contribution is -2.28. The van der Waals surface area contributed by atoms with Crippen molar-refractivity contribution in [1.29, 1.82) is 0 Å². The van der Waals surface area contributed by atoms with E-state index in [1.165, 1.54) is 32.5 Å². The number of hydrogen-bond donors (Lipinski definition) is 0. The number of halogens is 2. The number of rotatable bonds is 9. The third kappa shape index (κ3) is 4.92. The first-order chi connectivity index (χ1) is 17.8. The van der Waals surface area contributed by atoms with Crippen molar-refractivity contribution in [3.63, 3.8) is 0 Å². The Labute approximate surface area is 215 Å². The lowest BCUT2D eigenvalue weighted by atomic mass is 9.85. The fourth-order valence-electron chi connectivity index (χ4n) is 4.73. The highest BCUT2D eigenvalue weighted by Gasteiger charge is 2.29. The van der Waals surface area contributed by atoms with Crippen molar-refractivity contribution in [2.45, 2.75) is 44.0 Å². The maximum atomic E-state index is 14.3. The number of pyridine rings is 1. The molecule has 2 aromatic heterocycles. The quantitative estimate of drug-likeness (QED) is 0.272. The summed E-state index contributed by atoms with van der Waals surface area (Å²) < 4.78 is 63.4. The molecule has 9 heteroatoms. The third-order valence-corrected chi connectivity index (χ3v) is 8.83. The van der Waals surface area contributed by atoms with Gasteiger partial charge in [0, 0.05) is 31.1 Å². The molecule has 37 heavy (non-hydrogen) atoms. The summed E-state index contributed by atoms with van der Waals surface area (Å²) in [5.74, 6) is -0.860. The molecule has 0 amide bonds. The number of ether oxygens (including phenoxy) is 1. The second-order valence-electron chi connectivity index (χ2n) is 9.43. The molecule has 1 aliphatic rings. The van der Waals surface area contributed by atoms with E-state index in [0.717, 1.165) is 57.1 Å². The topological polar surface area (TPSA) is 64.4 Å². The van der Waals surface area contributed by atoms with Crippen molar-refractivity contribution >= 4 is 26.7 Å². The van der Waals surface area contributed by atoms with Gasteiger partial charge < -0.3 is 9.30 Å². The van der Waals surface area contributed by atoms with Gasteiger partial charge >= 0.3 is 0 Å². The lowest BCUT2D eigenvalue weighted by molar-refractivity contribution is 0.277. The number of hydrogen-bond acceptors (Lipinski definition) is 4. The average molecular weight is 526 g/mol. The molecular formula is C28H29F2N3O3S. The highest BCUT2D eigenvalue weighted by atomic mass is 32.2. The van der Waals surface area contributed by atoms with Gasteiger partial charge in [-0.05, 0) is 67.6 Å². The molecule has 6 nitrogen and oxygen atoms in total. The Morgan fingerprint density at radius 3 is 2.41 bits per heavy atom. The normalized spacial score (nSPS) is 14.1. The molecule has 194 valence electrons. The largest absolute Gasteiger partial charge is 0.494 e. The Balaban J connectivity index is 1.51. The molecule has 0 saturated heterocycles. The van der Waals surface area contributed by atoms with Crippen LogP contribution in [0.1, 0.15) is 37.4 Å². The van der Waals surface area contributed by atoms with E-state index in [1.54, 1.807) is 6.07 Å². The maximum Gasteiger partial charge on any atom is 0.269 e. The van der Waals surface area contributed by atoms with Crippen molar-refractivity contribution in [2.24, 2.45) is 5.92 Å². The second-order valence-corrected chi connectivity index (χ2v) is 11.3. The molecule has 0 aliphatic heterocycles. The van der Waals surface area contributed by atoms with Crippen LogP contribution in [0.4, 0.5) is 14.5 Å². The monoisotopic (exact) mass is 525 g/mol. The van der Waals surface area contributed by atoms with Gasteiger partial charge in [-0.25, -0.2) is 22.2 Å². The van der Waals surface area contributed by atoms with Crippen LogP contribution in [0.2, 0.25) is 0 Å². The van der Waals surface area contributed by atoms with Crippen LogP contribution in [0, 0.1) is 17.6 Å². The molecule has 0 N–H and O–H groups in total. The predicted octanol–water partition coefficient (Wildman–Crippen LogP) is 5.93. The number of nitrogens with zero attached hydrogens (tertiary/aromatic N) is 3. The molecule has 0 bridgehead atoms. The van der Waals surface area contributed by atoms with E-state index in [2.05, 4.69) is 9.55 Å². The molecular weight excluding hydrogens is 496 g/mol. The van der Waals surface area contributed by atoms with Gasteiger partial charge in [0.1, 0.15) is 23.0 Å². The van der Waals surface area contributed by atoms with Crippen LogP contribution in [-0.4, -0.2) is 31.6 Å². The highest BCUT2D eigenvalue weighted by molar-refractivity contribution is 7.92. The average Bonchev–Trinajstić information content (AvgIpc) is 3.18. The molecule has 0 unspecified atom stereocenters. The fourth-order valence-corrected chi connectivity index (χ4v) is 6.01. The molecule has 0 spiro atoms. The predicted molar refractivity (Wildman–Crippen MR) is 139 cm³/mol. The van der Waals surface area contributed by atoms with Crippen molar-refractivity contribution in [2.75, 3.05) is 18.0 Å². The highest BCUT2D eigenvalue weighted by Crippen LogP contribution is 2.33. The first-order valence-electron chi connectivity index (χ1n) is 12.4. The van der Waals surface area contributed by atoms with E-state index in [4.69, 9.17) is 4.74 Å². The maximum absolute atomic E-state index is 14.3. The van der Waals surface area contributed by atoms with Crippen molar-refractivity contribution in [1.82, 2.24) is 9.55 Å². The Kier molecular flexibility index (Phi) is 6.90. The number of sulfonamides is 1. The first kappa shape index (κ1) is 25.2. The molecule has 1 fully saturated rings. The number of anilines is 1. The van der Waals surface area contributed by atoms with E-state index >= 15 is 0 Å². The lowest BCUT2D eigenvalue weighted by Gasteiger charge is -2.27. The Hall–Kier alpha value is -3.46. The van der Waals surface area contributed by atoms with Gasteiger partial charge in [-0.2, -0.15) is 0 Å². The van der Waals surface area contributed by atoms with Crippen LogP contribution in [-0.2, 0) is 23.0 Å². The van der Waals surface area contributed by atoms with E-state index in [1.807, 2.05) is 37.3 Å². The van der Waals surface area contributed by atoms with Gasteiger partial charge in [0.2, 0.25) is 0 Å². The van der Waals surface area contributed by atoms with E-state index < -0.39 is 26.6 Å². The zero-order valence-electron chi connectivity index (χ0n) is 20.8. The summed E-state index contributed by atoms with van der Waals surface area (Å²) in [5, 5.41) is 0.772. The summed E-state index contributed by atoms with van der Waals surface area (Å²) in [4.78, 5) is 3.64. The minimum atomic E-state index is -4.47. The van der Waals surface area contributed by atoms with Crippen molar-refractivity contribution in [3.8, 4) is 5.75 Å². The Morgan fingerprint density at radius 2 is 1.78 bits per heavy atom. The van der Waals surface area contributed by atoms with Gasteiger partial charge in [0.25, 0.3) is 10.0 Å². The minimum Gasteiger partial charge on any atom is -0.494 e. The number of fused-ring (bicyclic) bond motifs is 1. The molecule has 0 radical (unpaired) electrons. The third-order valence-electron chi connectivity index (χ3n) is 6.99. The SMILES string of the molecule is CCOc1ccc(Cc2cc3cc(N(C)S(=O)(=O)c4c(F)cccc4F)cnc3n2CC2CCC2)cc1. The van der Waals surface area contributed by atoms with Crippen LogP contribution >= 0.6 is 0 Å². The molecule has 0 atom stereocenters. The van der Waals surface area contributed by atoms with E-state index in [0.29, 0.717) is 18.9 Å². The summed E-state index contributed by atoms with van der Waals surface area (Å²) in [7, 11) is -3.20. The standard InChI is InChI=1S/C28H29F2N3O3S/c1-3-36-24-12-10-19(11-13-24)14-22-15-21-16-23(17-31-28(21)33(22)18-20-6-4-7-20)32(2)37(34,35)27-25(29)8-5-9-26(27)30/h5,8-13,15-17,20H,3-4,6-7,14,18H2,1-2H3. The summed E-state index contributed by atoms with van der Waals surface area (Å²) in [6.07, 6.45) is 5.70. The Bertz CT molecular complexity index is 1510. The van der Waals surface area contributed by atoms with Crippen LogP contribution in [0.5, 0.6) is 5.75 Å². The minimum absolute atomic E-state index is 0.226. The van der Waals surface area contributed by atoms with Gasteiger partial charge in [-0.15, -0.1) is 0 Å². The van der Waals surface area contributed by atoms with Crippen LogP contribution in [0.3, 0.4) is 0 Å². The molecule has 5 rings (SSSR count). The second kappa shape index (κ2) is 10.1.